The first-order valence-electron chi connectivity index (χ1n) is 8.12. The molecule has 0 aliphatic carbocycles. The fraction of sp³-hybridized carbons (Fsp3) is 0.389. The molecule has 1 heterocycles. The van der Waals surface area contributed by atoms with Crippen LogP contribution in [0.4, 0.5) is 5.69 Å². The Labute approximate surface area is 142 Å². The van der Waals surface area contributed by atoms with Gasteiger partial charge in [0.1, 0.15) is 6.54 Å². The lowest BCUT2D eigenvalue weighted by Gasteiger charge is -2.27. The molecule has 1 N–H and O–H groups in total. The van der Waals surface area contributed by atoms with Crippen molar-refractivity contribution in [1.29, 1.82) is 0 Å². The van der Waals surface area contributed by atoms with Gasteiger partial charge in [0.15, 0.2) is 0 Å². The van der Waals surface area contributed by atoms with Crippen LogP contribution < -0.4 is 9.62 Å². The number of amides is 1. The lowest BCUT2D eigenvalue weighted by atomic mass is 9.99. The maximum atomic E-state index is 12.8. The van der Waals surface area contributed by atoms with Crippen LogP contribution >= 0.6 is 0 Å². The van der Waals surface area contributed by atoms with E-state index in [9.17, 15) is 13.2 Å². The van der Waals surface area contributed by atoms with Gasteiger partial charge in [0, 0.05) is 10.9 Å². The Morgan fingerprint density at radius 2 is 1.83 bits per heavy atom. The Morgan fingerprint density at radius 3 is 2.50 bits per heavy atom. The Kier molecular flexibility index (Phi) is 4.03. The highest BCUT2D eigenvalue weighted by Gasteiger charge is 2.37. The van der Waals surface area contributed by atoms with E-state index < -0.39 is 10.0 Å². The van der Waals surface area contributed by atoms with Crippen LogP contribution in [0.5, 0.6) is 0 Å². The van der Waals surface area contributed by atoms with Crippen LogP contribution in [0, 0.1) is 0 Å². The lowest BCUT2D eigenvalue weighted by molar-refractivity contribution is -0.121. The van der Waals surface area contributed by atoms with Crippen molar-refractivity contribution >= 4 is 32.4 Å². The van der Waals surface area contributed by atoms with Gasteiger partial charge in [0.2, 0.25) is 5.91 Å². The minimum absolute atomic E-state index is 0.205. The second-order valence-electron chi connectivity index (χ2n) is 6.83. The fourth-order valence-corrected chi connectivity index (χ4v) is 5.03. The summed E-state index contributed by atoms with van der Waals surface area (Å²) in [5.74, 6) is -0.290. The summed E-state index contributed by atoms with van der Waals surface area (Å²) in [7, 11) is -3.69. The SMILES string of the molecule is CCCC(C)(C)NC(=O)CN1c2cccc3cccc(c23)S1(=O)=O. The Bertz CT molecular complexity index is 898. The molecule has 5 nitrogen and oxygen atoms in total. The van der Waals surface area contributed by atoms with E-state index in [0.717, 1.165) is 18.2 Å². The van der Waals surface area contributed by atoms with Gasteiger partial charge in [-0.3, -0.25) is 9.10 Å². The molecular weight excluding hydrogens is 324 g/mol. The number of carbonyl (C=O) groups is 1. The maximum absolute atomic E-state index is 12.8. The molecule has 2 aromatic rings. The Hall–Kier alpha value is -2.08. The van der Waals surface area contributed by atoms with E-state index in [1.54, 1.807) is 18.2 Å². The van der Waals surface area contributed by atoms with E-state index in [1.807, 2.05) is 32.0 Å². The van der Waals surface area contributed by atoms with Gasteiger partial charge in [0.25, 0.3) is 10.0 Å². The fourth-order valence-electron chi connectivity index (χ4n) is 3.36. The highest BCUT2D eigenvalue weighted by Crippen LogP contribution is 2.41. The monoisotopic (exact) mass is 346 g/mol. The molecule has 6 heteroatoms. The molecular formula is C18H22N2O3S. The van der Waals surface area contributed by atoms with E-state index in [0.29, 0.717) is 11.1 Å². The molecule has 0 aromatic heterocycles. The zero-order valence-electron chi connectivity index (χ0n) is 14.2. The van der Waals surface area contributed by atoms with Gasteiger partial charge in [0.05, 0.1) is 10.6 Å². The van der Waals surface area contributed by atoms with Crippen molar-refractivity contribution in [3.63, 3.8) is 0 Å². The molecule has 0 saturated heterocycles. The molecule has 0 bridgehead atoms. The summed E-state index contributed by atoms with van der Waals surface area (Å²) in [6.07, 6.45) is 1.78. The number of hydrogen-bond donors (Lipinski definition) is 1. The molecule has 3 rings (SSSR count). The number of benzene rings is 2. The van der Waals surface area contributed by atoms with E-state index in [1.165, 1.54) is 4.31 Å². The van der Waals surface area contributed by atoms with Crippen molar-refractivity contribution < 1.29 is 13.2 Å². The second kappa shape index (κ2) is 5.77. The van der Waals surface area contributed by atoms with Gasteiger partial charge in [-0.25, -0.2) is 8.42 Å². The summed E-state index contributed by atoms with van der Waals surface area (Å²) >= 11 is 0. The van der Waals surface area contributed by atoms with Crippen LogP contribution in [0.15, 0.2) is 41.3 Å². The molecule has 0 radical (unpaired) electrons. The zero-order valence-corrected chi connectivity index (χ0v) is 15.0. The minimum atomic E-state index is -3.69. The average Bonchev–Trinajstić information content (AvgIpc) is 2.70. The maximum Gasteiger partial charge on any atom is 0.265 e. The molecule has 1 aliphatic heterocycles. The molecule has 24 heavy (non-hydrogen) atoms. The number of anilines is 1. The molecule has 0 unspecified atom stereocenters. The quantitative estimate of drug-likeness (QED) is 0.905. The van der Waals surface area contributed by atoms with Crippen molar-refractivity contribution in [2.45, 2.75) is 44.0 Å². The van der Waals surface area contributed by atoms with Gasteiger partial charge in [-0.15, -0.1) is 0 Å². The molecule has 0 atom stereocenters. The first kappa shape index (κ1) is 16.8. The summed E-state index contributed by atoms with van der Waals surface area (Å²) in [5.41, 5.74) is 0.223. The first-order chi connectivity index (χ1) is 11.3. The van der Waals surface area contributed by atoms with Crippen molar-refractivity contribution in [2.75, 3.05) is 10.8 Å². The highest BCUT2D eigenvalue weighted by molar-refractivity contribution is 7.93. The third-order valence-electron chi connectivity index (χ3n) is 4.32. The number of hydrogen-bond acceptors (Lipinski definition) is 3. The summed E-state index contributed by atoms with van der Waals surface area (Å²) in [6.45, 7) is 5.74. The van der Waals surface area contributed by atoms with Crippen LogP contribution in [0.2, 0.25) is 0 Å². The topological polar surface area (TPSA) is 66.5 Å². The number of carbonyl (C=O) groups excluding carboxylic acids is 1. The van der Waals surface area contributed by atoms with E-state index in [-0.39, 0.29) is 22.9 Å². The van der Waals surface area contributed by atoms with Gasteiger partial charge < -0.3 is 5.32 Å². The highest BCUT2D eigenvalue weighted by atomic mass is 32.2. The zero-order chi connectivity index (χ0) is 17.5. The molecule has 128 valence electrons. The Morgan fingerprint density at radius 1 is 1.17 bits per heavy atom. The molecule has 0 spiro atoms. The summed E-state index contributed by atoms with van der Waals surface area (Å²) in [4.78, 5) is 12.7. The minimum Gasteiger partial charge on any atom is -0.350 e. The van der Waals surface area contributed by atoms with Crippen molar-refractivity contribution in [3.05, 3.63) is 36.4 Å². The van der Waals surface area contributed by atoms with Crippen molar-refractivity contribution in [2.24, 2.45) is 0 Å². The first-order valence-corrected chi connectivity index (χ1v) is 9.56. The molecule has 2 aromatic carbocycles. The third kappa shape index (κ3) is 2.75. The van der Waals surface area contributed by atoms with Gasteiger partial charge in [-0.2, -0.15) is 0 Å². The van der Waals surface area contributed by atoms with Crippen LogP contribution in [0.1, 0.15) is 33.6 Å². The predicted molar refractivity (Wildman–Crippen MR) is 95.6 cm³/mol. The molecule has 1 amide bonds. The summed E-state index contributed by atoms with van der Waals surface area (Å²) in [6, 6.07) is 10.7. The Balaban J connectivity index is 1.93. The van der Waals surface area contributed by atoms with Gasteiger partial charge in [-0.1, -0.05) is 37.6 Å². The molecule has 1 aliphatic rings. The van der Waals surface area contributed by atoms with Crippen molar-refractivity contribution in [3.8, 4) is 0 Å². The average molecular weight is 346 g/mol. The van der Waals surface area contributed by atoms with E-state index >= 15 is 0 Å². The predicted octanol–water partition coefficient (Wildman–Crippen LogP) is 3.04. The van der Waals surface area contributed by atoms with Crippen molar-refractivity contribution in [1.82, 2.24) is 5.32 Å². The molecule has 0 saturated carbocycles. The second-order valence-corrected chi connectivity index (χ2v) is 8.66. The van der Waals surface area contributed by atoms with E-state index in [2.05, 4.69) is 12.2 Å². The summed E-state index contributed by atoms with van der Waals surface area (Å²) in [5, 5.41) is 4.49. The van der Waals surface area contributed by atoms with Crippen LogP contribution in [-0.4, -0.2) is 26.4 Å². The van der Waals surface area contributed by atoms with Crippen LogP contribution in [0.25, 0.3) is 10.8 Å². The van der Waals surface area contributed by atoms with Gasteiger partial charge >= 0.3 is 0 Å². The number of nitrogens with one attached hydrogen (secondary N) is 1. The van der Waals surface area contributed by atoms with E-state index in [4.69, 9.17) is 0 Å². The van der Waals surface area contributed by atoms with Gasteiger partial charge in [-0.05, 0) is 37.8 Å². The largest absolute Gasteiger partial charge is 0.350 e. The standard InChI is InChI=1S/C18H22N2O3S/c1-4-11-18(2,3)19-16(21)12-20-14-9-5-7-13-8-6-10-15(17(13)14)24(20,22)23/h5-10H,4,11-12H2,1-3H3,(H,19,21). The van der Waals surface area contributed by atoms with Crippen LogP contribution in [0.3, 0.4) is 0 Å². The lowest BCUT2D eigenvalue weighted by Crippen LogP contribution is -2.48. The molecule has 0 fully saturated rings. The number of sulfonamides is 1. The number of nitrogens with zero attached hydrogens (tertiary/aromatic N) is 1. The van der Waals surface area contributed by atoms with Crippen LogP contribution in [-0.2, 0) is 14.8 Å². The number of rotatable bonds is 5. The smallest absolute Gasteiger partial charge is 0.265 e. The summed E-state index contributed by atoms with van der Waals surface area (Å²) < 4.78 is 26.9. The normalized spacial score (nSPS) is 15.7. The third-order valence-corrected chi connectivity index (χ3v) is 6.12.